The number of anilines is 1. The molecule has 10 heteroatoms. The molecule has 0 saturated heterocycles. The Hall–Kier alpha value is -3.92. The van der Waals surface area contributed by atoms with Gasteiger partial charge in [0.15, 0.2) is 0 Å². The van der Waals surface area contributed by atoms with E-state index in [1.165, 1.54) is 60.5 Å². The summed E-state index contributed by atoms with van der Waals surface area (Å²) < 4.78 is 47.4. The number of benzene rings is 3. The molecule has 3 aromatic rings. The van der Waals surface area contributed by atoms with E-state index in [0.29, 0.717) is 23.4 Å². The minimum absolute atomic E-state index is 0.0153. The molecule has 1 N–H and O–H groups in total. The molecule has 0 heterocycles. The van der Waals surface area contributed by atoms with Crippen LogP contribution in [-0.4, -0.2) is 50.9 Å². The molecular weight excluding hydrogens is 533 g/mol. The molecule has 0 aliphatic rings. The Labute approximate surface area is 235 Å². The summed E-state index contributed by atoms with van der Waals surface area (Å²) in [5.74, 6) is -0.901. The molecule has 0 aliphatic carbocycles. The van der Waals surface area contributed by atoms with Crippen LogP contribution in [0.3, 0.4) is 0 Å². The lowest BCUT2D eigenvalue weighted by Gasteiger charge is -2.32. The molecule has 0 radical (unpaired) electrons. The maximum absolute atomic E-state index is 13.9. The first-order valence-corrected chi connectivity index (χ1v) is 14.5. The number of hydrogen-bond acceptors (Lipinski definition) is 5. The zero-order chi connectivity index (χ0) is 29.4. The minimum atomic E-state index is -4.19. The first-order chi connectivity index (χ1) is 19.0. The van der Waals surface area contributed by atoms with Gasteiger partial charge in [-0.2, -0.15) is 0 Å². The number of methoxy groups -OCH3 is 1. The summed E-state index contributed by atoms with van der Waals surface area (Å²) in [4.78, 5) is 28.3. The second kappa shape index (κ2) is 13.4. The Morgan fingerprint density at radius 2 is 1.55 bits per heavy atom. The standard InChI is InChI=1S/C30H36FN3O5S/c1-6-22(3)32-30(36)23(4)33(19-24-9-11-25(31)12-10-24)29(35)20-34(26-13-7-21(2)8-14-26)40(37,38)28-17-15-27(39-5)16-18-28/h7-18,22-23H,6,19-20H2,1-5H3,(H,32,36)/t22-,23+/m0/s1. The molecule has 0 saturated carbocycles. The van der Waals surface area contributed by atoms with Crippen LogP contribution in [0, 0.1) is 12.7 Å². The number of hydrogen-bond donors (Lipinski definition) is 1. The Morgan fingerprint density at radius 3 is 2.10 bits per heavy atom. The van der Waals surface area contributed by atoms with Crippen LogP contribution >= 0.6 is 0 Å². The summed E-state index contributed by atoms with van der Waals surface area (Å²) in [7, 11) is -2.71. The topological polar surface area (TPSA) is 96.0 Å². The third-order valence-electron chi connectivity index (χ3n) is 6.68. The number of rotatable bonds is 12. The molecule has 8 nitrogen and oxygen atoms in total. The highest BCUT2D eigenvalue weighted by Crippen LogP contribution is 2.26. The molecule has 3 rings (SSSR count). The van der Waals surface area contributed by atoms with Gasteiger partial charge in [-0.1, -0.05) is 36.8 Å². The summed E-state index contributed by atoms with van der Waals surface area (Å²) in [6, 6.07) is 17.2. The van der Waals surface area contributed by atoms with Gasteiger partial charge in [0.05, 0.1) is 17.7 Å². The molecule has 0 unspecified atom stereocenters. The molecule has 0 aliphatic heterocycles. The number of nitrogens with one attached hydrogen (secondary N) is 1. The van der Waals surface area contributed by atoms with Crippen LogP contribution in [0.25, 0.3) is 0 Å². The van der Waals surface area contributed by atoms with Crippen molar-refractivity contribution in [1.29, 1.82) is 0 Å². The lowest BCUT2D eigenvalue weighted by Crippen LogP contribution is -2.52. The lowest BCUT2D eigenvalue weighted by atomic mass is 10.1. The van der Waals surface area contributed by atoms with Crippen LogP contribution in [0.5, 0.6) is 5.75 Å². The van der Waals surface area contributed by atoms with Crippen molar-refractivity contribution >= 4 is 27.5 Å². The second-order valence-electron chi connectivity index (χ2n) is 9.66. The number of ether oxygens (including phenoxy) is 1. The Bertz CT molecular complexity index is 1390. The molecule has 0 aromatic heterocycles. The van der Waals surface area contributed by atoms with E-state index in [9.17, 15) is 22.4 Å². The van der Waals surface area contributed by atoms with Gasteiger partial charge in [-0.3, -0.25) is 13.9 Å². The van der Waals surface area contributed by atoms with Gasteiger partial charge >= 0.3 is 0 Å². The van der Waals surface area contributed by atoms with Crippen molar-refractivity contribution < 1.29 is 27.1 Å². The molecular formula is C30H36FN3O5S. The Morgan fingerprint density at radius 1 is 0.950 bits per heavy atom. The fraction of sp³-hybridized carbons (Fsp3) is 0.333. The summed E-state index contributed by atoms with van der Waals surface area (Å²) in [5, 5.41) is 2.88. The van der Waals surface area contributed by atoms with Crippen molar-refractivity contribution in [3.05, 3.63) is 89.7 Å². The lowest BCUT2D eigenvalue weighted by molar-refractivity contribution is -0.139. The van der Waals surface area contributed by atoms with Crippen LogP contribution < -0.4 is 14.4 Å². The summed E-state index contributed by atoms with van der Waals surface area (Å²) in [6.45, 7) is 6.68. The number of carbonyl (C=O) groups excluding carboxylic acids is 2. The summed E-state index contributed by atoms with van der Waals surface area (Å²) in [5.41, 5.74) is 1.82. The van der Waals surface area contributed by atoms with Crippen LogP contribution in [-0.2, 0) is 26.2 Å². The minimum Gasteiger partial charge on any atom is -0.497 e. The molecule has 214 valence electrons. The highest BCUT2D eigenvalue weighted by atomic mass is 32.2. The number of halogens is 1. The number of aryl methyl sites for hydroxylation is 1. The van der Waals surface area contributed by atoms with E-state index in [0.717, 1.165) is 9.87 Å². The van der Waals surface area contributed by atoms with E-state index in [1.807, 2.05) is 20.8 Å². The molecule has 0 bridgehead atoms. The van der Waals surface area contributed by atoms with E-state index < -0.39 is 34.3 Å². The van der Waals surface area contributed by atoms with Crippen molar-refractivity contribution in [2.24, 2.45) is 0 Å². The van der Waals surface area contributed by atoms with Gasteiger partial charge in [0.25, 0.3) is 10.0 Å². The third kappa shape index (κ3) is 7.59. The van der Waals surface area contributed by atoms with Gasteiger partial charge in [-0.05, 0) is 81.3 Å². The zero-order valence-electron chi connectivity index (χ0n) is 23.4. The van der Waals surface area contributed by atoms with Crippen molar-refractivity contribution in [2.75, 3.05) is 18.0 Å². The smallest absolute Gasteiger partial charge is 0.264 e. The Balaban J connectivity index is 2.01. The van der Waals surface area contributed by atoms with Crippen LogP contribution in [0.15, 0.2) is 77.7 Å². The molecule has 0 spiro atoms. The van der Waals surface area contributed by atoms with Gasteiger partial charge in [-0.15, -0.1) is 0 Å². The van der Waals surface area contributed by atoms with Gasteiger partial charge in [-0.25, -0.2) is 12.8 Å². The molecule has 40 heavy (non-hydrogen) atoms. The molecule has 0 fully saturated rings. The van der Waals surface area contributed by atoms with Crippen molar-refractivity contribution in [1.82, 2.24) is 10.2 Å². The zero-order valence-corrected chi connectivity index (χ0v) is 24.2. The molecule has 3 aromatic carbocycles. The van der Waals surface area contributed by atoms with E-state index in [4.69, 9.17) is 4.74 Å². The normalized spacial score (nSPS) is 12.8. The fourth-order valence-electron chi connectivity index (χ4n) is 3.95. The van der Waals surface area contributed by atoms with Gasteiger partial charge in [0.2, 0.25) is 11.8 Å². The van der Waals surface area contributed by atoms with Crippen LogP contribution in [0.2, 0.25) is 0 Å². The van der Waals surface area contributed by atoms with E-state index in [1.54, 1.807) is 31.2 Å². The number of nitrogens with zero attached hydrogens (tertiary/aromatic N) is 2. The Kier molecular flexibility index (Phi) is 10.3. The van der Waals surface area contributed by atoms with Gasteiger partial charge in [0.1, 0.15) is 24.2 Å². The maximum Gasteiger partial charge on any atom is 0.264 e. The predicted molar refractivity (Wildman–Crippen MR) is 153 cm³/mol. The van der Waals surface area contributed by atoms with E-state index in [-0.39, 0.29) is 23.4 Å². The highest BCUT2D eigenvalue weighted by molar-refractivity contribution is 7.92. The number of amides is 2. The van der Waals surface area contributed by atoms with E-state index in [2.05, 4.69) is 5.32 Å². The van der Waals surface area contributed by atoms with Crippen molar-refractivity contribution in [3.63, 3.8) is 0 Å². The average molecular weight is 570 g/mol. The van der Waals surface area contributed by atoms with Crippen LogP contribution in [0.4, 0.5) is 10.1 Å². The van der Waals surface area contributed by atoms with E-state index >= 15 is 0 Å². The third-order valence-corrected chi connectivity index (χ3v) is 8.47. The summed E-state index contributed by atoms with van der Waals surface area (Å²) in [6.07, 6.45) is 0.700. The average Bonchev–Trinajstić information content (AvgIpc) is 2.95. The maximum atomic E-state index is 13.9. The highest BCUT2D eigenvalue weighted by Gasteiger charge is 2.32. The first-order valence-electron chi connectivity index (χ1n) is 13.0. The van der Waals surface area contributed by atoms with Gasteiger partial charge in [0, 0.05) is 12.6 Å². The summed E-state index contributed by atoms with van der Waals surface area (Å²) >= 11 is 0. The predicted octanol–water partition coefficient (Wildman–Crippen LogP) is 4.67. The monoisotopic (exact) mass is 569 g/mol. The van der Waals surface area contributed by atoms with Crippen molar-refractivity contribution in [3.8, 4) is 5.75 Å². The quantitative estimate of drug-likeness (QED) is 0.342. The van der Waals surface area contributed by atoms with Gasteiger partial charge < -0.3 is 15.0 Å². The first kappa shape index (κ1) is 30.6. The number of sulfonamides is 1. The fourth-order valence-corrected chi connectivity index (χ4v) is 5.36. The molecule has 2 atom stereocenters. The van der Waals surface area contributed by atoms with Crippen LogP contribution in [0.1, 0.15) is 38.3 Å². The number of carbonyl (C=O) groups is 2. The second-order valence-corrected chi connectivity index (χ2v) is 11.5. The molecule has 2 amide bonds. The SMILES string of the molecule is CC[C@H](C)NC(=O)[C@@H](C)N(Cc1ccc(F)cc1)C(=O)CN(c1ccc(C)cc1)S(=O)(=O)c1ccc(OC)cc1. The van der Waals surface area contributed by atoms with Crippen molar-refractivity contribution in [2.45, 2.75) is 57.6 Å². The largest absolute Gasteiger partial charge is 0.497 e.